The maximum absolute atomic E-state index is 12.0. The van der Waals surface area contributed by atoms with Crippen molar-refractivity contribution in [3.8, 4) is 11.5 Å². The summed E-state index contributed by atoms with van der Waals surface area (Å²) < 4.78 is 12.5. The second-order valence-corrected chi connectivity index (χ2v) is 4.83. The van der Waals surface area contributed by atoms with E-state index in [4.69, 9.17) is 9.47 Å². The Kier molecular flexibility index (Phi) is 4.04. The highest BCUT2D eigenvalue weighted by Crippen LogP contribution is 2.32. The van der Waals surface area contributed by atoms with E-state index in [9.17, 15) is 4.79 Å². The van der Waals surface area contributed by atoms with Gasteiger partial charge in [0.25, 0.3) is 5.91 Å². The van der Waals surface area contributed by atoms with Crippen molar-refractivity contribution in [1.82, 2.24) is 14.9 Å². The molecule has 1 N–H and O–H groups in total. The van der Waals surface area contributed by atoms with Crippen molar-refractivity contribution in [3.63, 3.8) is 0 Å². The number of hydrogen-bond donors (Lipinski definition) is 1. The number of ether oxygens (including phenoxy) is 2. The smallest absolute Gasteiger partial charge is 0.251 e. The monoisotopic (exact) mass is 287 g/mol. The highest BCUT2D eigenvalue weighted by atomic mass is 16.7. The van der Waals surface area contributed by atoms with Crippen molar-refractivity contribution in [1.29, 1.82) is 0 Å². The molecule has 0 unspecified atom stereocenters. The Balaban J connectivity index is 1.42. The molecule has 110 valence electrons. The van der Waals surface area contributed by atoms with E-state index < -0.39 is 0 Å². The molecule has 0 saturated carbocycles. The van der Waals surface area contributed by atoms with Crippen LogP contribution in [0.3, 0.4) is 0 Å². The van der Waals surface area contributed by atoms with E-state index in [1.807, 2.05) is 10.8 Å². The molecular weight excluding hydrogens is 270 g/mol. The number of unbranched alkanes of at least 4 members (excludes halogenated alkanes) is 1. The average molecular weight is 287 g/mol. The van der Waals surface area contributed by atoms with E-state index in [-0.39, 0.29) is 12.7 Å². The van der Waals surface area contributed by atoms with Crippen LogP contribution >= 0.6 is 0 Å². The number of hydrogen-bond acceptors (Lipinski definition) is 4. The minimum absolute atomic E-state index is 0.0871. The molecule has 3 rings (SSSR count). The standard InChI is InChI=1S/C15H17N3O3/c19-15(12-3-4-13-14(9-12)21-11-20-13)17-5-1-2-7-18-8-6-16-10-18/h3-4,6,8-10H,1-2,5,7,11H2,(H,17,19). The highest BCUT2D eigenvalue weighted by Gasteiger charge is 2.15. The van der Waals surface area contributed by atoms with Gasteiger partial charge >= 0.3 is 0 Å². The molecule has 1 amide bonds. The minimum atomic E-state index is -0.0871. The van der Waals surface area contributed by atoms with Gasteiger partial charge < -0.3 is 19.4 Å². The lowest BCUT2D eigenvalue weighted by Gasteiger charge is -2.06. The molecule has 2 aromatic rings. The van der Waals surface area contributed by atoms with Gasteiger partial charge in [-0.05, 0) is 31.0 Å². The molecule has 1 aliphatic heterocycles. The van der Waals surface area contributed by atoms with Crippen LogP contribution in [-0.2, 0) is 6.54 Å². The first kappa shape index (κ1) is 13.5. The van der Waals surface area contributed by atoms with Crippen LogP contribution in [0.4, 0.5) is 0 Å². The number of carbonyl (C=O) groups is 1. The molecule has 0 bridgehead atoms. The summed E-state index contributed by atoms with van der Waals surface area (Å²) >= 11 is 0. The van der Waals surface area contributed by atoms with Crippen molar-refractivity contribution >= 4 is 5.91 Å². The van der Waals surface area contributed by atoms with Crippen LogP contribution in [0.5, 0.6) is 11.5 Å². The van der Waals surface area contributed by atoms with E-state index in [1.54, 1.807) is 30.7 Å². The number of aryl methyl sites for hydroxylation is 1. The lowest BCUT2D eigenvalue weighted by atomic mass is 10.2. The number of rotatable bonds is 6. The number of benzene rings is 1. The van der Waals surface area contributed by atoms with E-state index >= 15 is 0 Å². The number of amides is 1. The van der Waals surface area contributed by atoms with Gasteiger partial charge in [0.1, 0.15) is 0 Å². The van der Waals surface area contributed by atoms with Crippen LogP contribution in [0, 0.1) is 0 Å². The third-order valence-electron chi connectivity index (χ3n) is 3.32. The first-order chi connectivity index (χ1) is 10.3. The molecule has 0 radical (unpaired) electrons. The molecule has 0 saturated heterocycles. The zero-order valence-corrected chi connectivity index (χ0v) is 11.6. The predicted molar refractivity (Wildman–Crippen MR) is 76.4 cm³/mol. The number of nitrogens with one attached hydrogen (secondary N) is 1. The number of fused-ring (bicyclic) bond motifs is 1. The zero-order chi connectivity index (χ0) is 14.5. The molecule has 2 heterocycles. The molecule has 0 aliphatic carbocycles. The first-order valence-electron chi connectivity index (χ1n) is 6.96. The quantitative estimate of drug-likeness (QED) is 0.823. The van der Waals surface area contributed by atoms with Gasteiger partial charge in [-0.25, -0.2) is 4.98 Å². The summed E-state index contributed by atoms with van der Waals surface area (Å²) in [6.07, 6.45) is 7.42. The molecule has 0 fully saturated rings. The summed E-state index contributed by atoms with van der Waals surface area (Å²) in [7, 11) is 0. The van der Waals surface area contributed by atoms with Crippen molar-refractivity contribution in [2.45, 2.75) is 19.4 Å². The van der Waals surface area contributed by atoms with Crippen LogP contribution in [0.2, 0.25) is 0 Å². The highest BCUT2D eigenvalue weighted by molar-refractivity contribution is 5.94. The topological polar surface area (TPSA) is 65.4 Å². The summed E-state index contributed by atoms with van der Waals surface area (Å²) in [5, 5.41) is 2.91. The van der Waals surface area contributed by atoms with Crippen LogP contribution < -0.4 is 14.8 Å². The molecule has 1 aliphatic rings. The summed E-state index contributed by atoms with van der Waals surface area (Å²) in [5.41, 5.74) is 0.592. The Morgan fingerprint density at radius 1 is 1.29 bits per heavy atom. The number of aromatic nitrogens is 2. The van der Waals surface area contributed by atoms with Gasteiger partial charge in [-0.3, -0.25) is 4.79 Å². The van der Waals surface area contributed by atoms with Gasteiger partial charge in [0, 0.05) is 31.0 Å². The maximum atomic E-state index is 12.0. The fourth-order valence-electron chi connectivity index (χ4n) is 2.18. The molecular formula is C15H17N3O3. The third kappa shape index (κ3) is 3.34. The maximum Gasteiger partial charge on any atom is 0.251 e. The van der Waals surface area contributed by atoms with Crippen LogP contribution in [0.15, 0.2) is 36.9 Å². The Bertz CT molecular complexity index is 611. The molecule has 21 heavy (non-hydrogen) atoms. The lowest BCUT2D eigenvalue weighted by Crippen LogP contribution is -2.24. The summed E-state index contributed by atoms with van der Waals surface area (Å²) in [4.78, 5) is 16.0. The van der Waals surface area contributed by atoms with Crippen LogP contribution in [-0.4, -0.2) is 28.8 Å². The molecule has 0 spiro atoms. The Hall–Kier alpha value is -2.50. The average Bonchev–Trinajstić information content (AvgIpc) is 3.17. The minimum Gasteiger partial charge on any atom is -0.454 e. The summed E-state index contributed by atoms with van der Waals surface area (Å²) in [5.74, 6) is 1.23. The number of imidazole rings is 1. The molecule has 6 nitrogen and oxygen atoms in total. The zero-order valence-electron chi connectivity index (χ0n) is 11.6. The Morgan fingerprint density at radius 2 is 2.19 bits per heavy atom. The lowest BCUT2D eigenvalue weighted by molar-refractivity contribution is 0.0952. The van der Waals surface area contributed by atoms with Crippen molar-refractivity contribution in [2.75, 3.05) is 13.3 Å². The van der Waals surface area contributed by atoms with Crippen molar-refractivity contribution in [3.05, 3.63) is 42.5 Å². The molecule has 6 heteroatoms. The fraction of sp³-hybridized carbons (Fsp3) is 0.333. The first-order valence-corrected chi connectivity index (χ1v) is 6.96. The van der Waals surface area contributed by atoms with Gasteiger partial charge in [0.05, 0.1) is 6.33 Å². The second kappa shape index (κ2) is 6.30. The van der Waals surface area contributed by atoms with Crippen molar-refractivity contribution in [2.24, 2.45) is 0 Å². The Labute approximate surface area is 122 Å². The van der Waals surface area contributed by atoms with Gasteiger partial charge in [-0.15, -0.1) is 0 Å². The van der Waals surface area contributed by atoms with Gasteiger partial charge in [0.15, 0.2) is 11.5 Å². The van der Waals surface area contributed by atoms with Crippen LogP contribution in [0.25, 0.3) is 0 Å². The summed E-state index contributed by atoms with van der Waals surface area (Å²) in [6.45, 7) is 1.79. The SMILES string of the molecule is O=C(NCCCCn1ccnc1)c1ccc2c(c1)OCO2. The van der Waals surface area contributed by atoms with Crippen LogP contribution in [0.1, 0.15) is 23.2 Å². The fourth-order valence-corrected chi connectivity index (χ4v) is 2.18. The largest absolute Gasteiger partial charge is 0.454 e. The van der Waals surface area contributed by atoms with Gasteiger partial charge in [0.2, 0.25) is 6.79 Å². The molecule has 1 aromatic carbocycles. The normalized spacial score (nSPS) is 12.4. The van der Waals surface area contributed by atoms with E-state index in [0.717, 1.165) is 19.4 Å². The second-order valence-electron chi connectivity index (χ2n) is 4.83. The van der Waals surface area contributed by atoms with E-state index in [2.05, 4.69) is 10.3 Å². The van der Waals surface area contributed by atoms with E-state index in [1.165, 1.54) is 0 Å². The number of nitrogens with zero attached hydrogens (tertiary/aromatic N) is 2. The van der Waals surface area contributed by atoms with Crippen molar-refractivity contribution < 1.29 is 14.3 Å². The van der Waals surface area contributed by atoms with E-state index in [0.29, 0.717) is 23.6 Å². The number of carbonyl (C=O) groups excluding carboxylic acids is 1. The van der Waals surface area contributed by atoms with Gasteiger partial charge in [-0.1, -0.05) is 0 Å². The third-order valence-corrected chi connectivity index (χ3v) is 3.32. The molecule has 0 atom stereocenters. The predicted octanol–water partition coefficient (Wildman–Crippen LogP) is 1.82. The summed E-state index contributed by atoms with van der Waals surface area (Å²) in [6, 6.07) is 5.22. The molecule has 1 aromatic heterocycles. The van der Waals surface area contributed by atoms with Gasteiger partial charge in [-0.2, -0.15) is 0 Å². The Morgan fingerprint density at radius 3 is 3.05 bits per heavy atom.